The molecule has 1 amide bonds. The molecular formula is C21H24N2O5S. The fourth-order valence-electron chi connectivity index (χ4n) is 3.64. The molecular weight excluding hydrogens is 392 g/mol. The van der Waals surface area contributed by atoms with E-state index in [1.165, 1.54) is 42.7 Å². The average molecular weight is 416 g/mol. The summed E-state index contributed by atoms with van der Waals surface area (Å²) in [6.45, 7) is 6.65. The van der Waals surface area contributed by atoms with Crippen LogP contribution >= 0.6 is 11.3 Å². The van der Waals surface area contributed by atoms with Crippen LogP contribution in [0.25, 0.3) is 0 Å². The Hall–Kier alpha value is -2.74. The van der Waals surface area contributed by atoms with Gasteiger partial charge in [-0.3, -0.25) is 14.9 Å². The zero-order chi connectivity index (χ0) is 21.3. The van der Waals surface area contributed by atoms with E-state index in [0.29, 0.717) is 16.5 Å². The van der Waals surface area contributed by atoms with Crippen molar-refractivity contribution in [3.63, 3.8) is 0 Å². The molecule has 29 heavy (non-hydrogen) atoms. The molecule has 0 fully saturated rings. The minimum Gasteiger partial charge on any atom is -0.465 e. The maximum absolute atomic E-state index is 12.7. The number of hydrogen-bond acceptors (Lipinski definition) is 6. The Morgan fingerprint density at radius 1 is 1.24 bits per heavy atom. The van der Waals surface area contributed by atoms with Crippen molar-refractivity contribution in [2.24, 2.45) is 11.3 Å². The van der Waals surface area contributed by atoms with Crippen LogP contribution in [0.1, 0.15) is 58.3 Å². The van der Waals surface area contributed by atoms with Crippen molar-refractivity contribution in [1.29, 1.82) is 0 Å². The summed E-state index contributed by atoms with van der Waals surface area (Å²) in [4.78, 5) is 36.5. The Labute approximate surface area is 173 Å². The fraction of sp³-hybridized carbons (Fsp3) is 0.429. The standard InChI is InChI=1S/C21H24N2O5S/c1-21(2,3)13-7-10-15-16(11-13)29-19(17(15)20(25)28-4)22-18(24)12-5-8-14(9-6-12)23(26)27/h5-6,8-9,13H,7,10-11H2,1-4H3,(H,22,24). The van der Waals surface area contributed by atoms with E-state index in [4.69, 9.17) is 4.74 Å². The number of rotatable bonds is 4. The van der Waals surface area contributed by atoms with Crippen LogP contribution in [0.15, 0.2) is 24.3 Å². The quantitative estimate of drug-likeness (QED) is 0.436. The van der Waals surface area contributed by atoms with Gasteiger partial charge in [0, 0.05) is 22.6 Å². The molecule has 0 saturated carbocycles. The van der Waals surface area contributed by atoms with Gasteiger partial charge in [0.05, 0.1) is 17.6 Å². The number of nitro benzene ring substituents is 1. The molecule has 0 saturated heterocycles. The maximum Gasteiger partial charge on any atom is 0.341 e. The molecule has 1 N–H and O–H groups in total. The number of fused-ring (bicyclic) bond motifs is 1. The van der Waals surface area contributed by atoms with Gasteiger partial charge in [-0.05, 0) is 48.3 Å². The molecule has 0 bridgehead atoms. The lowest BCUT2D eigenvalue weighted by molar-refractivity contribution is -0.384. The van der Waals surface area contributed by atoms with E-state index in [1.54, 1.807) is 0 Å². The number of nitro groups is 1. The Bertz CT molecular complexity index is 957. The predicted octanol–water partition coefficient (Wildman–Crippen LogP) is 4.85. The van der Waals surface area contributed by atoms with Gasteiger partial charge in [-0.25, -0.2) is 4.79 Å². The monoisotopic (exact) mass is 416 g/mol. The highest BCUT2D eigenvalue weighted by atomic mass is 32.1. The predicted molar refractivity (Wildman–Crippen MR) is 112 cm³/mol. The van der Waals surface area contributed by atoms with Crippen LogP contribution < -0.4 is 5.32 Å². The molecule has 8 heteroatoms. The van der Waals surface area contributed by atoms with Gasteiger partial charge in [-0.15, -0.1) is 11.3 Å². The molecule has 0 spiro atoms. The number of carbonyl (C=O) groups excluding carboxylic acids is 2. The van der Waals surface area contributed by atoms with E-state index in [0.717, 1.165) is 29.7 Å². The Morgan fingerprint density at radius 3 is 2.45 bits per heavy atom. The molecule has 0 aliphatic heterocycles. The van der Waals surface area contributed by atoms with E-state index < -0.39 is 16.8 Å². The molecule has 1 aromatic heterocycles. The summed E-state index contributed by atoms with van der Waals surface area (Å²) >= 11 is 1.42. The third kappa shape index (κ3) is 4.32. The Morgan fingerprint density at radius 2 is 1.90 bits per heavy atom. The number of thiophene rings is 1. The second-order valence-electron chi connectivity index (χ2n) is 8.26. The van der Waals surface area contributed by atoms with Crippen molar-refractivity contribution < 1.29 is 19.2 Å². The lowest BCUT2D eigenvalue weighted by Crippen LogP contribution is -2.26. The van der Waals surface area contributed by atoms with Crippen LogP contribution in [0.4, 0.5) is 10.7 Å². The first kappa shape index (κ1) is 21.0. The maximum atomic E-state index is 12.7. The van der Waals surface area contributed by atoms with Gasteiger partial charge in [0.25, 0.3) is 11.6 Å². The zero-order valence-electron chi connectivity index (χ0n) is 16.9. The summed E-state index contributed by atoms with van der Waals surface area (Å²) in [5, 5.41) is 14.1. The highest BCUT2D eigenvalue weighted by Crippen LogP contribution is 2.44. The van der Waals surface area contributed by atoms with E-state index >= 15 is 0 Å². The minimum absolute atomic E-state index is 0.0865. The fourth-order valence-corrected chi connectivity index (χ4v) is 4.95. The van der Waals surface area contributed by atoms with Crippen molar-refractivity contribution in [3.8, 4) is 0 Å². The van der Waals surface area contributed by atoms with Crippen molar-refractivity contribution in [3.05, 3.63) is 55.9 Å². The van der Waals surface area contributed by atoms with Gasteiger partial charge >= 0.3 is 5.97 Å². The molecule has 1 aliphatic carbocycles. The van der Waals surface area contributed by atoms with Gasteiger partial charge in [-0.1, -0.05) is 20.8 Å². The number of ether oxygens (including phenoxy) is 1. The van der Waals surface area contributed by atoms with Gasteiger partial charge < -0.3 is 10.1 Å². The number of methoxy groups -OCH3 is 1. The molecule has 2 aromatic rings. The molecule has 154 valence electrons. The topological polar surface area (TPSA) is 98.5 Å². The first-order valence-corrected chi connectivity index (χ1v) is 10.2. The zero-order valence-corrected chi connectivity index (χ0v) is 17.7. The summed E-state index contributed by atoms with van der Waals surface area (Å²) in [6.07, 6.45) is 2.61. The summed E-state index contributed by atoms with van der Waals surface area (Å²) in [5.41, 5.74) is 1.74. The van der Waals surface area contributed by atoms with E-state index in [9.17, 15) is 19.7 Å². The number of benzene rings is 1. The smallest absolute Gasteiger partial charge is 0.341 e. The number of carbonyl (C=O) groups is 2. The average Bonchev–Trinajstić information content (AvgIpc) is 3.03. The lowest BCUT2D eigenvalue weighted by atomic mass is 9.72. The molecule has 7 nitrogen and oxygen atoms in total. The first-order chi connectivity index (χ1) is 13.6. The normalized spacial score (nSPS) is 16.1. The highest BCUT2D eigenvalue weighted by Gasteiger charge is 2.34. The van der Waals surface area contributed by atoms with Crippen molar-refractivity contribution >= 4 is 33.9 Å². The van der Waals surface area contributed by atoms with Crippen LogP contribution in [-0.4, -0.2) is 23.9 Å². The molecule has 1 unspecified atom stereocenters. The minimum atomic E-state index is -0.518. The molecule has 1 heterocycles. The van der Waals surface area contributed by atoms with Crippen molar-refractivity contribution in [1.82, 2.24) is 0 Å². The van der Waals surface area contributed by atoms with Crippen LogP contribution in [0.3, 0.4) is 0 Å². The van der Waals surface area contributed by atoms with E-state index in [1.807, 2.05) is 0 Å². The summed E-state index contributed by atoms with van der Waals surface area (Å²) < 4.78 is 4.97. The van der Waals surface area contributed by atoms with Crippen molar-refractivity contribution in [2.45, 2.75) is 40.0 Å². The number of hydrogen-bond donors (Lipinski definition) is 1. The summed E-state index contributed by atoms with van der Waals surface area (Å²) in [6, 6.07) is 5.36. The highest BCUT2D eigenvalue weighted by molar-refractivity contribution is 7.17. The molecule has 1 aromatic carbocycles. The first-order valence-electron chi connectivity index (χ1n) is 9.40. The second kappa shape index (κ2) is 7.94. The van der Waals surface area contributed by atoms with Crippen LogP contribution in [0, 0.1) is 21.4 Å². The second-order valence-corrected chi connectivity index (χ2v) is 9.37. The van der Waals surface area contributed by atoms with Crippen molar-refractivity contribution in [2.75, 3.05) is 12.4 Å². The Kier molecular flexibility index (Phi) is 5.75. The third-order valence-electron chi connectivity index (χ3n) is 5.45. The van der Waals surface area contributed by atoms with Crippen LogP contribution in [0.2, 0.25) is 0 Å². The van der Waals surface area contributed by atoms with Gasteiger partial charge in [0.2, 0.25) is 0 Å². The number of non-ortho nitro benzene ring substituents is 1. The van der Waals surface area contributed by atoms with Gasteiger partial charge in [-0.2, -0.15) is 0 Å². The number of nitrogens with one attached hydrogen (secondary N) is 1. The third-order valence-corrected chi connectivity index (χ3v) is 6.62. The Balaban J connectivity index is 1.90. The number of nitrogens with zero attached hydrogens (tertiary/aromatic N) is 1. The SMILES string of the molecule is COC(=O)c1c(NC(=O)c2ccc([N+](=O)[O-])cc2)sc2c1CCC(C(C)(C)C)C2. The van der Waals surface area contributed by atoms with E-state index in [-0.39, 0.29) is 16.7 Å². The largest absolute Gasteiger partial charge is 0.465 e. The molecule has 0 radical (unpaired) electrons. The molecule has 1 aliphatic rings. The number of amides is 1. The summed E-state index contributed by atoms with van der Waals surface area (Å²) in [7, 11) is 1.33. The number of anilines is 1. The van der Waals surface area contributed by atoms with Crippen LogP contribution in [0.5, 0.6) is 0 Å². The summed E-state index contributed by atoms with van der Waals surface area (Å²) in [5.74, 6) is -0.385. The van der Waals surface area contributed by atoms with Crippen LogP contribution in [-0.2, 0) is 17.6 Å². The van der Waals surface area contributed by atoms with E-state index in [2.05, 4.69) is 26.1 Å². The molecule has 1 atom stereocenters. The molecule has 3 rings (SSSR count). The number of esters is 1. The van der Waals surface area contributed by atoms with Gasteiger partial charge in [0.1, 0.15) is 5.00 Å². The lowest BCUT2D eigenvalue weighted by Gasteiger charge is -2.33. The van der Waals surface area contributed by atoms with Gasteiger partial charge in [0.15, 0.2) is 0 Å².